The van der Waals surface area contributed by atoms with Crippen molar-refractivity contribution in [1.82, 2.24) is 4.98 Å². The molecule has 5 heteroatoms. The smallest absolute Gasteiger partial charge is 0.339 e. The van der Waals surface area contributed by atoms with Gasteiger partial charge in [0.1, 0.15) is 5.56 Å². The van der Waals surface area contributed by atoms with Gasteiger partial charge in [-0.2, -0.15) is 11.8 Å². The number of carboxylic acid groups (broad SMARTS) is 1. The minimum absolute atomic E-state index is 0.239. The number of aromatic nitrogens is 1. The Labute approximate surface area is 105 Å². The number of carboxylic acids is 1. The number of rotatable bonds is 5. The van der Waals surface area contributed by atoms with Crippen molar-refractivity contribution in [3.63, 3.8) is 0 Å². The van der Waals surface area contributed by atoms with Crippen LogP contribution in [0.4, 0.5) is 5.69 Å². The summed E-state index contributed by atoms with van der Waals surface area (Å²) in [6.45, 7) is 0.818. The molecule has 0 atom stereocenters. The molecule has 92 valence electrons. The third kappa shape index (κ3) is 2.54. The van der Waals surface area contributed by atoms with Crippen LogP contribution >= 0.6 is 11.8 Å². The van der Waals surface area contributed by atoms with Gasteiger partial charge in [0.05, 0.1) is 5.69 Å². The highest BCUT2D eigenvalue weighted by molar-refractivity contribution is 8.00. The first-order chi connectivity index (χ1) is 8.17. The Morgan fingerprint density at radius 2 is 2.41 bits per heavy atom. The van der Waals surface area contributed by atoms with Crippen molar-refractivity contribution in [3.8, 4) is 0 Å². The summed E-state index contributed by atoms with van der Waals surface area (Å²) in [5.41, 5.74) is 0.899. The minimum Gasteiger partial charge on any atom is -0.478 e. The molecular weight excluding hydrogens is 236 g/mol. The minimum atomic E-state index is -0.938. The standard InChI is InChI=1S/C12H16N2O2S/c1-17-12(4-2-5-12)8-14-10-3-6-13-7-9(10)11(15)16/h3,6-7H,2,4-5,8H2,1H3,(H,13,14)(H,15,16). The van der Waals surface area contributed by atoms with E-state index in [0.29, 0.717) is 10.4 Å². The highest BCUT2D eigenvalue weighted by atomic mass is 32.2. The Balaban J connectivity index is 2.06. The maximum Gasteiger partial charge on any atom is 0.339 e. The summed E-state index contributed by atoms with van der Waals surface area (Å²) in [6.07, 6.45) is 8.79. The number of carbonyl (C=O) groups is 1. The van der Waals surface area contributed by atoms with Crippen molar-refractivity contribution in [3.05, 3.63) is 24.0 Å². The molecule has 4 nitrogen and oxygen atoms in total. The average molecular weight is 252 g/mol. The van der Waals surface area contributed by atoms with Gasteiger partial charge in [-0.15, -0.1) is 0 Å². The average Bonchev–Trinajstić information content (AvgIpc) is 2.28. The number of hydrogen-bond donors (Lipinski definition) is 2. The molecule has 1 saturated carbocycles. The number of anilines is 1. The molecule has 1 fully saturated rings. The lowest BCUT2D eigenvalue weighted by atomic mass is 9.84. The molecule has 2 N–H and O–H groups in total. The molecule has 1 heterocycles. The second-order valence-electron chi connectivity index (χ2n) is 4.32. The maximum atomic E-state index is 11.0. The van der Waals surface area contributed by atoms with Gasteiger partial charge in [0, 0.05) is 23.7 Å². The van der Waals surface area contributed by atoms with Gasteiger partial charge in [-0.05, 0) is 25.2 Å². The van der Waals surface area contributed by atoms with E-state index in [2.05, 4.69) is 16.6 Å². The second-order valence-corrected chi connectivity index (χ2v) is 5.59. The molecule has 17 heavy (non-hydrogen) atoms. The van der Waals surface area contributed by atoms with Gasteiger partial charge in [0.15, 0.2) is 0 Å². The number of nitrogens with zero attached hydrogens (tertiary/aromatic N) is 1. The monoisotopic (exact) mass is 252 g/mol. The summed E-state index contributed by atoms with van der Waals surface area (Å²) in [7, 11) is 0. The van der Waals surface area contributed by atoms with E-state index in [0.717, 1.165) is 6.54 Å². The molecule has 0 bridgehead atoms. The molecule has 0 aromatic carbocycles. The molecule has 2 rings (SSSR count). The summed E-state index contributed by atoms with van der Waals surface area (Å²) in [4.78, 5) is 14.9. The van der Waals surface area contributed by atoms with Crippen LogP contribution in [0.25, 0.3) is 0 Å². The molecular formula is C12H16N2O2S. The second kappa shape index (κ2) is 4.96. The van der Waals surface area contributed by atoms with Crippen molar-refractivity contribution in [1.29, 1.82) is 0 Å². The third-order valence-corrected chi connectivity index (χ3v) is 4.77. The summed E-state index contributed by atoms with van der Waals surface area (Å²) < 4.78 is 0.291. The maximum absolute atomic E-state index is 11.0. The zero-order chi connectivity index (χ0) is 12.3. The topological polar surface area (TPSA) is 62.2 Å². The van der Waals surface area contributed by atoms with Crippen LogP contribution in [-0.2, 0) is 0 Å². The van der Waals surface area contributed by atoms with Crippen LogP contribution < -0.4 is 5.32 Å². The highest BCUT2D eigenvalue weighted by Gasteiger charge is 2.35. The van der Waals surface area contributed by atoms with Crippen molar-refractivity contribution in [2.24, 2.45) is 0 Å². The Bertz CT molecular complexity index is 413. The van der Waals surface area contributed by atoms with E-state index in [4.69, 9.17) is 5.11 Å². The molecule has 0 unspecified atom stereocenters. The lowest BCUT2D eigenvalue weighted by Crippen LogP contribution is -2.40. The first-order valence-corrected chi connectivity index (χ1v) is 6.86. The van der Waals surface area contributed by atoms with Crippen LogP contribution in [0, 0.1) is 0 Å². The van der Waals surface area contributed by atoms with E-state index in [1.807, 2.05) is 11.8 Å². The number of nitrogens with one attached hydrogen (secondary N) is 1. The van der Waals surface area contributed by atoms with Crippen LogP contribution in [0.1, 0.15) is 29.6 Å². The van der Waals surface area contributed by atoms with Crippen molar-refractivity contribution < 1.29 is 9.90 Å². The Kier molecular flexibility index (Phi) is 3.57. The van der Waals surface area contributed by atoms with E-state index >= 15 is 0 Å². The van der Waals surface area contributed by atoms with Crippen molar-refractivity contribution in [2.75, 3.05) is 18.1 Å². The Morgan fingerprint density at radius 1 is 1.65 bits per heavy atom. The van der Waals surface area contributed by atoms with E-state index in [9.17, 15) is 4.79 Å². The van der Waals surface area contributed by atoms with Crippen LogP contribution in [0.3, 0.4) is 0 Å². The first-order valence-electron chi connectivity index (χ1n) is 5.63. The molecule has 1 aromatic rings. The van der Waals surface area contributed by atoms with E-state index < -0.39 is 5.97 Å². The van der Waals surface area contributed by atoms with Crippen molar-refractivity contribution >= 4 is 23.4 Å². The Morgan fingerprint density at radius 3 is 2.94 bits per heavy atom. The molecule has 0 radical (unpaired) electrons. The lowest BCUT2D eigenvalue weighted by molar-refractivity contribution is 0.0697. The quantitative estimate of drug-likeness (QED) is 0.843. The van der Waals surface area contributed by atoms with E-state index in [1.165, 1.54) is 25.5 Å². The molecule has 1 aliphatic carbocycles. The van der Waals surface area contributed by atoms with Gasteiger partial charge < -0.3 is 10.4 Å². The fourth-order valence-corrected chi connectivity index (χ4v) is 2.91. The summed E-state index contributed by atoms with van der Waals surface area (Å²) in [5, 5.41) is 12.3. The van der Waals surface area contributed by atoms with Gasteiger partial charge in [-0.25, -0.2) is 4.79 Å². The molecule has 1 aromatic heterocycles. The zero-order valence-corrected chi connectivity index (χ0v) is 10.6. The van der Waals surface area contributed by atoms with Gasteiger partial charge in [-0.1, -0.05) is 6.42 Å². The van der Waals surface area contributed by atoms with E-state index in [-0.39, 0.29) is 5.56 Å². The first kappa shape index (κ1) is 12.2. The molecule has 1 aliphatic rings. The van der Waals surface area contributed by atoms with Gasteiger partial charge in [0.2, 0.25) is 0 Å². The van der Waals surface area contributed by atoms with Crippen LogP contribution in [0.15, 0.2) is 18.5 Å². The summed E-state index contributed by atoms with van der Waals surface area (Å²) >= 11 is 1.87. The van der Waals surface area contributed by atoms with Crippen LogP contribution in [0.2, 0.25) is 0 Å². The van der Waals surface area contributed by atoms with Gasteiger partial charge in [-0.3, -0.25) is 4.98 Å². The third-order valence-electron chi connectivity index (χ3n) is 3.35. The lowest BCUT2D eigenvalue weighted by Gasteiger charge is -2.40. The fourth-order valence-electron chi connectivity index (χ4n) is 2.00. The normalized spacial score (nSPS) is 17.2. The summed E-state index contributed by atoms with van der Waals surface area (Å²) in [5.74, 6) is -0.938. The SMILES string of the molecule is CSC1(CNc2ccncc2C(=O)O)CCC1. The predicted molar refractivity (Wildman–Crippen MR) is 69.8 cm³/mol. The van der Waals surface area contributed by atoms with E-state index in [1.54, 1.807) is 12.3 Å². The molecule has 0 saturated heterocycles. The molecule has 0 aliphatic heterocycles. The zero-order valence-electron chi connectivity index (χ0n) is 9.77. The number of thioether (sulfide) groups is 1. The molecule has 0 amide bonds. The Hall–Kier alpha value is -1.23. The number of aromatic carboxylic acids is 1. The van der Waals surface area contributed by atoms with Crippen molar-refractivity contribution in [2.45, 2.75) is 24.0 Å². The van der Waals surface area contributed by atoms with Gasteiger partial charge >= 0.3 is 5.97 Å². The highest BCUT2D eigenvalue weighted by Crippen LogP contribution is 2.42. The van der Waals surface area contributed by atoms with Gasteiger partial charge in [0.25, 0.3) is 0 Å². The summed E-state index contributed by atoms with van der Waals surface area (Å²) in [6, 6.07) is 1.72. The van der Waals surface area contributed by atoms with Crippen LogP contribution in [-0.4, -0.2) is 33.6 Å². The largest absolute Gasteiger partial charge is 0.478 e. The van der Waals surface area contributed by atoms with Crippen LogP contribution in [0.5, 0.6) is 0 Å². The number of hydrogen-bond acceptors (Lipinski definition) is 4. The fraction of sp³-hybridized carbons (Fsp3) is 0.500. The predicted octanol–water partition coefficient (Wildman–Crippen LogP) is 2.48. The number of pyridine rings is 1. The molecule has 0 spiro atoms.